The number of aromatic nitrogens is 1. The number of carbonyl (C=O) groups is 2. The summed E-state index contributed by atoms with van der Waals surface area (Å²) in [6.45, 7) is 0.104. The molecule has 0 aliphatic rings. The van der Waals surface area contributed by atoms with E-state index in [1.807, 2.05) is 24.3 Å². The van der Waals surface area contributed by atoms with Gasteiger partial charge in [0.25, 0.3) is 5.91 Å². The highest BCUT2D eigenvalue weighted by Gasteiger charge is 2.18. The second-order valence-electron chi connectivity index (χ2n) is 6.37. The van der Waals surface area contributed by atoms with Crippen molar-refractivity contribution in [2.75, 3.05) is 13.6 Å². The average molecular weight is 400 g/mol. The summed E-state index contributed by atoms with van der Waals surface area (Å²) in [6, 6.07) is 13.3. The molecule has 0 aliphatic carbocycles. The number of aromatic amines is 1. The fourth-order valence-corrected chi connectivity index (χ4v) is 3.31. The Hall–Kier alpha value is -3.17. The third kappa shape index (κ3) is 4.38. The summed E-state index contributed by atoms with van der Waals surface area (Å²) in [4.78, 5) is 29.2. The zero-order chi connectivity index (χ0) is 20.3. The van der Waals surface area contributed by atoms with Gasteiger partial charge in [-0.15, -0.1) is 0 Å². The first-order valence-corrected chi connectivity index (χ1v) is 10.0. The number of para-hydroxylation sites is 1. The van der Waals surface area contributed by atoms with Crippen LogP contribution in [0.25, 0.3) is 10.9 Å². The number of H-pyrrole nitrogens is 1. The van der Waals surface area contributed by atoms with Crippen molar-refractivity contribution < 1.29 is 18.0 Å². The first-order valence-electron chi connectivity index (χ1n) is 8.46. The molecule has 9 heteroatoms. The fourth-order valence-electron chi connectivity index (χ4n) is 2.79. The molecule has 0 atom stereocenters. The van der Waals surface area contributed by atoms with E-state index in [0.29, 0.717) is 11.1 Å². The zero-order valence-electron chi connectivity index (χ0n) is 15.2. The predicted molar refractivity (Wildman–Crippen MR) is 105 cm³/mol. The first kappa shape index (κ1) is 19.6. The van der Waals surface area contributed by atoms with Crippen LogP contribution in [-0.2, 0) is 21.4 Å². The number of primary sulfonamides is 1. The molecule has 0 saturated heterocycles. The quantitative estimate of drug-likeness (QED) is 0.575. The Kier molecular flexibility index (Phi) is 5.48. The molecule has 3 aromatic rings. The fraction of sp³-hybridized carbons (Fsp3) is 0.158. The highest BCUT2D eigenvalue weighted by molar-refractivity contribution is 7.89. The highest BCUT2D eigenvalue weighted by atomic mass is 32.2. The molecule has 8 nitrogen and oxygen atoms in total. The van der Waals surface area contributed by atoms with Gasteiger partial charge in [-0.25, -0.2) is 13.6 Å². The smallest absolute Gasteiger partial charge is 0.256 e. The summed E-state index contributed by atoms with van der Waals surface area (Å²) in [5.41, 5.74) is 2.07. The Morgan fingerprint density at radius 3 is 2.46 bits per heavy atom. The second kappa shape index (κ2) is 7.83. The molecule has 0 saturated carbocycles. The second-order valence-corrected chi connectivity index (χ2v) is 7.94. The van der Waals surface area contributed by atoms with E-state index >= 15 is 0 Å². The van der Waals surface area contributed by atoms with Crippen LogP contribution in [0.3, 0.4) is 0 Å². The number of nitrogens with zero attached hydrogens (tertiary/aromatic N) is 1. The van der Waals surface area contributed by atoms with Gasteiger partial charge in [0, 0.05) is 30.7 Å². The number of carbonyl (C=O) groups excluding carboxylic acids is 2. The predicted octanol–water partition coefficient (Wildman–Crippen LogP) is 1.20. The molecule has 1 heterocycles. The van der Waals surface area contributed by atoms with Crippen LogP contribution >= 0.6 is 0 Å². The van der Waals surface area contributed by atoms with E-state index in [4.69, 9.17) is 5.14 Å². The van der Waals surface area contributed by atoms with Crippen molar-refractivity contribution in [1.82, 2.24) is 15.2 Å². The minimum atomic E-state index is -3.75. The Labute approximate surface area is 162 Å². The number of rotatable bonds is 6. The van der Waals surface area contributed by atoms with E-state index in [1.165, 1.54) is 17.0 Å². The SMILES string of the molecule is CN(CC(=O)NCc1ccc(S(N)(=O)=O)cc1)C(=O)c1c[nH]c2ccccc12. The number of hydrogen-bond acceptors (Lipinski definition) is 4. The van der Waals surface area contributed by atoms with Crippen molar-refractivity contribution in [2.24, 2.45) is 5.14 Å². The Morgan fingerprint density at radius 1 is 1.11 bits per heavy atom. The molecule has 0 bridgehead atoms. The van der Waals surface area contributed by atoms with Crippen LogP contribution in [0.2, 0.25) is 0 Å². The van der Waals surface area contributed by atoms with Crippen molar-refractivity contribution in [1.29, 1.82) is 0 Å². The van der Waals surface area contributed by atoms with E-state index < -0.39 is 10.0 Å². The van der Waals surface area contributed by atoms with E-state index in [-0.39, 0.29) is 29.8 Å². The van der Waals surface area contributed by atoms with Gasteiger partial charge in [-0.05, 0) is 23.8 Å². The van der Waals surface area contributed by atoms with Crippen molar-refractivity contribution >= 4 is 32.7 Å². The monoisotopic (exact) mass is 400 g/mol. The molecule has 3 rings (SSSR count). The lowest BCUT2D eigenvalue weighted by Crippen LogP contribution is -2.38. The maximum Gasteiger partial charge on any atom is 0.256 e. The van der Waals surface area contributed by atoms with Gasteiger partial charge in [0.15, 0.2) is 0 Å². The molecule has 0 unspecified atom stereocenters. The minimum Gasteiger partial charge on any atom is -0.360 e. The number of fused-ring (bicyclic) bond motifs is 1. The van der Waals surface area contributed by atoms with Crippen molar-refractivity contribution in [3.05, 3.63) is 65.9 Å². The maximum absolute atomic E-state index is 12.6. The normalized spacial score (nSPS) is 11.4. The maximum atomic E-state index is 12.6. The minimum absolute atomic E-state index is 0.00614. The molecule has 0 radical (unpaired) electrons. The van der Waals surface area contributed by atoms with Gasteiger partial charge in [0.2, 0.25) is 15.9 Å². The molecule has 0 aliphatic heterocycles. The lowest BCUT2D eigenvalue weighted by molar-refractivity contribution is -0.121. The van der Waals surface area contributed by atoms with E-state index in [1.54, 1.807) is 25.4 Å². The number of amides is 2. The van der Waals surface area contributed by atoms with Gasteiger partial charge in [-0.2, -0.15) is 0 Å². The summed E-state index contributed by atoms with van der Waals surface area (Å²) in [5.74, 6) is -0.587. The number of nitrogens with one attached hydrogen (secondary N) is 2. The molecule has 4 N–H and O–H groups in total. The average Bonchev–Trinajstić information content (AvgIpc) is 3.09. The van der Waals surface area contributed by atoms with Gasteiger partial charge in [0.1, 0.15) is 0 Å². The Morgan fingerprint density at radius 2 is 1.79 bits per heavy atom. The zero-order valence-corrected chi connectivity index (χ0v) is 16.0. The van der Waals surface area contributed by atoms with Crippen LogP contribution in [-0.4, -0.2) is 43.7 Å². The molecule has 2 aromatic carbocycles. The van der Waals surface area contributed by atoms with E-state index in [2.05, 4.69) is 10.3 Å². The molecule has 146 valence electrons. The van der Waals surface area contributed by atoms with Crippen LogP contribution < -0.4 is 10.5 Å². The number of likely N-dealkylation sites (N-methyl/N-ethyl adjacent to an activating group) is 1. The number of nitrogens with two attached hydrogens (primary N) is 1. The summed E-state index contributed by atoms with van der Waals surface area (Å²) < 4.78 is 22.5. The van der Waals surface area contributed by atoms with E-state index in [0.717, 1.165) is 10.9 Å². The molecule has 28 heavy (non-hydrogen) atoms. The van der Waals surface area contributed by atoms with Gasteiger partial charge < -0.3 is 15.2 Å². The van der Waals surface area contributed by atoms with Crippen LogP contribution in [0.4, 0.5) is 0 Å². The van der Waals surface area contributed by atoms with E-state index in [9.17, 15) is 18.0 Å². The summed E-state index contributed by atoms with van der Waals surface area (Å²) in [5, 5.41) is 8.55. The number of sulfonamides is 1. The lowest BCUT2D eigenvalue weighted by atomic mass is 10.1. The van der Waals surface area contributed by atoms with Crippen LogP contribution in [0.5, 0.6) is 0 Å². The molecule has 0 spiro atoms. The summed E-state index contributed by atoms with van der Waals surface area (Å²) >= 11 is 0. The Bertz CT molecular complexity index is 1120. The van der Waals surface area contributed by atoms with Crippen LogP contribution in [0.1, 0.15) is 15.9 Å². The first-order chi connectivity index (χ1) is 13.3. The largest absolute Gasteiger partial charge is 0.360 e. The van der Waals surface area contributed by atoms with Crippen molar-refractivity contribution in [3.63, 3.8) is 0 Å². The third-order valence-corrected chi connectivity index (χ3v) is 5.22. The molecular formula is C19H20N4O4S. The third-order valence-electron chi connectivity index (χ3n) is 4.29. The van der Waals surface area contributed by atoms with Crippen molar-refractivity contribution in [2.45, 2.75) is 11.4 Å². The van der Waals surface area contributed by atoms with Crippen LogP contribution in [0, 0.1) is 0 Å². The van der Waals surface area contributed by atoms with Crippen molar-refractivity contribution in [3.8, 4) is 0 Å². The molecular weight excluding hydrogens is 380 g/mol. The standard InChI is InChI=1S/C19H20N4O4S/c1-23(19(25)16-11-21-17-5-3-2-4-15(16)17)12-18(24)22-10-13-6-8-14(9-7-13)28(20,26)27/h2-9,11,21H,10,12H2,1H3,(H,22,24)(H2,20,26,27). The highest BCUT2D eigenvalue weighted by Crippen LogP contribution is 2.18. The van der Waals surface area contributed by atoms with Crippen LogP contribution in [0.15, 0.2) is 59.6 Å². The van der Waals surface area contributed by atoms with Gasteiger partial charge in [0.05, 0.1) is 17.0 Å². The number of benzene rings is 2. The Balaban J connectivity index is 1.57. The molecule has 2 amide bonds. The summed E-state index contributed by atoms with van der Waals surface area (Å²) in [6.07, 6.45) is 1.63. The topological polar surface area (TPSA) is 125 Å². The summed E-state index contributed by atoms with van der Waals surface area (Å²) in [7, 11) is -2.19. The molecule has 0 fully saturated rings. The van der Waals surface area contributed by atoms with Gasteiger partial charge in [-0.3, -0.25) is 9.59 Å². The van der Waals surface area contributed by atoms with Gasteiger partial charge in [-0.1, -0.05) is 30.3 Å². The number of hydrogen-bond donors (Lipinski definition) is 3. The lowest BCUT2D eigenvalue weighted by Gasteiger charge is -2.16. The van der Waals surface area contributed by atoms with Gasteiger partial charge >= 0.3 is 0 Å². The molecule has 1 aromatic heterocycles.